The molecular weight excluding hydrogens is 302 g/mol. The average Bonchev–Trinajstić information content (AvgIpc) is 2.18. The molecule has 0 amide bonds. The van der Waals surface area contributed by atoms with Gasteiger partial charge in [-0.1, -0.05) is 11.6 Å². The van der Waals surface area contributed by atoms with Crippen molar-refractivity contribution < 1.29 is 4.74 Å². The molecule has 0 bridgehead atoms. The zero-order valence-electron chi connectivity index (χ0n) is 10.7. The van der Waals surface area contributed by atoms with Gasteiger partial charge >= 0.3 is 0 Å². The molecule has 1 N–H and O–H groups in total. The SMILES string of the molecule is CC(CNC(C)(C)C)Oc1ccc(Cl)cc1Br. The molecule has 96 valence electrons. The van der Waals surface area contributed by atoms with E-state index in [1.807, 2.05) is 25.1 Å². The van der Waals surface area contributed by atoms with Crippen LogP contribution in [0.3, 0.4) is 0 Å². The van der Waals surface area contributed by atoms with Crippen LogP contribution in [-0.2, 0) is 0 Å². The second-order valence-corrected chi connectivity index (χ2v) is 6.42. The third kappa shape index (κ3) is 5.75. The Bertz CT molecular complexity index is 376. The van der Waals surface area contributed by atoms with E-state index < -0.39 is 0 Å². The maximum atomic E-state index is 5.88. The van der Waals surface area contributed by atoms with Gasteiger partial charge in [-0.05, 0) is 61.8 Å². The third-order valence-electron chi connectivity index (χ3n) is 2.14. The summed E-state index contributed by atoms with van der Waals surface area (Å²) in [6.07, 6.45) is 0.103. The monoisotopic (exact) mass is 319 g/mol. The molecule has 1 rings (SSSR count). The van der Waals surface area contributed by atoms with E-state index in [1.165, 1.54) is 0 Å². The second-order valence-electron chi connectivity index (χ2n) is 5.13. The molecule has 4 heteroatoms. The van der Waals surface area contributed by atoms with Crippen LogP contribution in [0, 0.1) is 0 Å². The van der Waals surface area contributed by atoms with Gasteiger partial charge in [0.2, 0.25) is 0 Å². The minimum atomic E-state index is 0.103. The van der Waals surface area contributed by atoms with E-state index in [0.29, 0.717) is 5.02 Å². The highest BCUT2D eigenvalue weighted by Gasteiger charge is 2.12. The minimum absolute atomic E-state index is 0.103. The molecule has 0 aliphatic carbocycles. The van der Waals surface area contributed by atoms with Crippen LogP contribution < -0.4 is 10.1 Å². The molecule has 0 heterocycles. The molecule has 0 fully saturated rings. The Morgan fingerprint density at radius 3 is 2.59 bits per heavy atom. The summed E-state index contributed by atoms with van der Waals surface area (Å²) in [7, 11) is 0. The van der Waals surface area contributed by atoms with Gasteiger partial charge in [-0.3, -0.25) is 0 Å². The number of hydrogen-bond acceptors (Lipinski definition) is 2. The molecule has 1 unspecified atom stereocenters. The van der Waals surface area contributed by atoms with Gasteiger partial charge in [-0.15, -0.1) is 0 Å². The first-order valence-electron chi connectivity index (χ1n) is 5.64. The lowest BCUT2D eigenvalue weighted by Crippen LogP contribution is -2.41. The third-order valence-corrected chi connectivity index (χ3v) is 3.00. The number of nitrogens with one attached hydrogen (secondary N) is 1. The van der Waals surface area contributed by atoms with E-state index in [1.54, 1.807) is 0 Å². The van der Waals surface area contributed by atoms with E-state index in [9.17, 15) is 0 Å². The van der Waals surface area contributed by atoms with Crippen molar-refractivity contribution in [3.63, 3.8) is 0 Å². The summed E-state index contributed by atoms with van der Waals surface area (Å²) < 4.78 is 6.71. The van der Waals surface area contributed by atoms with Gasteiger partial charge < -0.3 is 10.1 Å². The van der Waals surface area contributed by atoms with E-state index in [-0.39, 0.29) is 11.6 Å². The van der Waals surface area contributed by atoms with Crippen molar-refractivity contribution in [2.75, 3.05) is 6.54 Å². The molecule has 0 saturated heterocycles. The Hall–Kier alpha value is -0.250. The molecule has 0 aliphatic rings. The topological polar surface area (TPSA) is 21.3 Å². The summed E-state index contributed by atoms with van der Waals surface area (Å²) >= 11 is 9.31. The van der Waals surface area contributed by atoms with Crippen molar-refractivity contribution in [1.82, 2.24) is 5.32 Å². The highest BCUT2D eigenvalue weighted by molar-refractivity contribution is 9.10. The van der Waals surface area contributed by atoms with Crippen LogP contribution in [-0.4, -0.2) is 18.2 Å². The van der Waals surface area contributed by atoms with Crippen LogP contribution in [0.2, 0.25) is 5.02 Å². The number of ether oxygens (including phenoxy) is 1. The summed E-state index contributed by atoms with van der Waals surface area (Å²) in [6.45, 7) is 9.26. The van der Waals surface area contributed by atoms with Crippen molar-refractivity contribution in [2.24, 2.45) is 0 Å². The van der Waals surface area contributed by atoms with Crippen LogP contribution in [0.5, 0.6) is 5.75 Å². The van der Waals surface area contributed by atoms with E-state index >= 15 is 0 Å². The van der Waals surface area contributed by atoms with E-state index in [0.717, 1.165) is 16.8 Å². The van der Waals surface area contributed by atoms with Crippen molar-refractivity contribution in [1.29, 1.82) is 0 Å². The molecule has 0 aromatic heterocycles. The molecule has 1 aromatic carbocycles. The number of benzene rings is 1. The fourth-order valence-corrected chi connectivity index (χ4v) is 2.06. The van der Waals surface area contributed by atoms with Gasteiger partial charge in [0, 0.05) is 17.1 Å². The molecule has 0 spiro atoms. The molecule has 0 aliphatic heterocycles. The average molecular weight is 321 g/mol. The highest BCUT2D eigenvalue weighted by Crippen LogP contribution is 2.28. The first-order valence-corrected chi connectivity index (χ1v) is 6.82. The summed E-state index contributed by atoms with van der Waals surface area (Å²) in [5.74, 6) is 0.817. The summed E-state index contributed by atoms with van der Waals surface area (Å²) in [5.41, 5.74) is 0.106. The predicted octanol–water partition coefficient (Wildman–Crippen LogP) is 4.26. The molecule has 17 heavy (non-hydrogen) atoms. The standard InChI is InChI=1S/C13H19BrClNO/c1-9(8-16-13(2,3)4)17-12-6-5-10(15)7-11(12)14/h5-7,9,16H,8H2,1-4H3. The second kappa shape index (κ2) is 6.07. The van der Waals surface area contributed by atoms with Crippen molar-refractivity contribution in [2.45, 2.75) is 39.3 Å². The fourth-order valence-electron chi connectivity index (χ4n) is 1.28. The van der Waals surface area contributed by atoms with Crippen LogP contribution >= 0.6 is 27.5 Å². The van der Waals surface area contributed by atoms with E-state index in [2.05, 4.69) is 42.0 Å². The Morgan fingerprint density at radius 2 is 2.06 bits per heavy atom. The highest BCUT2D eigenvalue weighted by atomic mass is 79.9. The van der Waals surface area contributed by atoms with Gasteiger partial charge in [0.1, 0.15) is 11.9 Å². The lowest BCUT2D eigenvalue weighted by atomic mass is 10.1. The fraction of sp³-hybridized carbons (Fsp3) is 0.538. The summed E-state index contributed by atoms with van der Waals surface area (Å²) in [4.78, 5) is 0. The summed E-state index contributed by atoms with van der Waals surface area (Å²) in [6, 6.07) is 5.53. The summed E-state index contributed by atoms with van der Waals surface area (Å²) in [5, 5.41) is 4.11. The van der Waals surface area contributed by atoms with Crippen molar-refractivity contribution >= 4 is 27.5 Å². The normalized spacial score (nSPS) is 13.5. The first kappa shape index (κ1) is 14.8. The maximum Gasteiger partial charge on any atom is 0.134 e. The first-order chi connectivity index (χ1) is 7.78. The predicted molar refractivity (Wildman–Crippen MR) is 77.0 cm³/mol. The van der Waals surface area contributed by atoms with Gasteiger partial charge in [-0.2, -0.15) is 0 Å². The smallest absolute Gasteiger partial charge is 0.134 e. The van der Waals surface area contributed by atoms with Gasteiger partial charge in [0.15, 0.2) is 0 Å². The van der Waals surface area contributed by atoms with Crippen LogP contribution in [0.25, 0.3) is 0 Å². The lowest BCUT2D eigenvalue weighted by molar-refractivity contribution is 0.202. The molecule has 0 saturated carbocycles. The number of rotatable bonds is 4. The minimum Gasteiger partial charge on any atom is -0.488 e. The molecule has 0 radical (unpaired) electrons. The Balaban J connectivity index is 2.53. The zero-order chi connectivity index (χ0) is 13.1. The van der Waals surface area contributed by atoms with Crippen LogP contribution in [0.15, 0.2) is 22.7 Å². The number of halogens is 2. The van der Waals surface area contributed by atoms with Gasteiger partial charge in [0.05, 0.1) is 4.47 Å². The largest absolute Gasteiger partial charge is 0.488 e. The van der Waals surface area contributed by atoms with Crippen LogP contribution in [0.4, 0.5) is 0 Å². The van der Waals surface area contributed by atoms with Crippen LogP contribution in [0.1, 0.15) is 27.7 Å². The molecule has 1 aromatic rings. The van der Waals surface area contributed by atoms with Gasteiger partial charge in [0.25, 0.3) is 0 Å². The molecule has 2 nitrogen and oxygen atoms in total. The quantitative estimate of drug-likeness (QED) is 0.895. The van der Waals surface area contributed by atoms with Crippen molar-refractivity contribution in [3.8, 4) is 5.75 Å². The Kier molecular flexibility index (Phi) is 5.29. The molecular formula is C13H19BrClNO. The lowest BCUT2D eigenvalue weighted by Gasteiger charge is -2.24. The van der Waals surface area contributed by atoms with E-state index in [4.69, 9.17) is 16.3 Å². The Labute approximate surface area is 117 Å². The maximum absolute atomic E-state index is 5.88. The molecule has 1 atom stereocenters. The zero-order valence-corrected chi connectivity index (χ0v) is 13.0. The number of hydrogen-bond donors (Lipinski definition) is 1. The Morgan fingerprint density at radius 1 is 1.41 bits per heavy atom. The van der Waals surface area contributed by atoms with Crippen molar-refractivity contribution in [3.05, 3.63) is 27.7 Å². The van der Waals surface area contributed by atoms with Gasteiger partial charge in [-0.25, -0.2) is 0 Å².